The monoisotopic (exact) mass is 402 g/mol. The van der Waals surface area contributed by atoms with Crippen LogP contribution < -0.4 is 10.6 Å². The zero-order valence-electron chi connectivity index (χ0n) is 17.0. The standard InChI is InChI=1S/C25H26N2O3/c1-26-23(17-28)25(30)27-22-14-12-21(13-15-22)24(29)16-9-18-7-10-20(11-8-18)19-5-3-2-4-6-19/h2-8,10-15,23,26,28H,9,16-17H2,1H3,(H,27,30)/t23-/m0/s1. The summed E-state index contributed by atoms with van der Waals surface area (Å²) in [6, 6.07) is 24.6. The van der Waals surface area contributed by atoms with Crippen LogP contribution in [0.3, 0.4) is 0 Å². The van der Waals surface area contributed by atoms with Gasteiger partial charge in [-0.1, -0.05) is 54.6 Å². The van der Waals surface area contributed by atoms with E-state index in [1.165, 1.54) is 5.56 Å². The van der Waals surface area contributed by atoms with Crippen molar-refractivity contribution < 1.29 is 14.7 Å². The number of carbonyl (C=O) groups excluding carboxylic acids is 2. The van der Waals surface area contributed by atoms with Gasteiger partial charge in [0.25, 0.3) is 0 Å². The van der Waals surface area contributed by atoms with E-state index in [-0.39, 0.29) is 18.3 Å². The van der Waals surface area contributed by atoms with E-state index < -0.39 is 6.04 Å². The van der Waals surface area contributed by atoms with E-state index >= 15 is 0 Å². The third-order valence-electron chi connectivity index (χ3n) is 5.02. The lowest BCUT2D eigenvalue weighted by molar-refractivity contribution is -0.118. The Morgan fingerprint density at radius 2 is 1.50 bits per heavy atom. The molecule has 1 atom stereocenters. The van der Waals surface area contributed by atoms with Crippen molar-refractivity contribution in [3.63, 3.8) is 0 Å². The molecule has 0 aliphatic carbocycles. The number of aryl methyl sites for hydroxylation is 1. The molecular formula is C25H26N2O3. The zero-order valence-corrected chi connectivity index (χ0v) is 17.0. The molecule has 5 heteroatoms. The first-order valence-electron chi connectivity index (χ1n) is 9.97. The van der Waals surface area contributed by atoms with Crippen LogP contribution in [0.5, 0.6) is 0 Å². The lowest BCUT2D eigenvalue weighted by Gasteiger charge is -2.13. The molecule has 0 fully saturated rings. The van der Waals surface area contributed by atoms with Crippen molar-refractivity contribution in [2.75, 3.05) is 19.0 Å². The van der Waals surface area contributed by atoms with Crippen molar-refractivity contribution >= 4 is 17.4 Å². The van der Waals surface area contributed by atoms with Crippen LogP contribution >= 0.6 is 0 Å². The number of Topliss-reactive ketones (excluding diaryl/α,β-unsaturated/α-hetero) is 1. The first-order valence-corrected chi connectivity index (χ1v) is 9.97. The lowest BCUT2D eigenvalue weighted by Crippen LogP contribution is -2.41. The van der Waals surface area contributed by atoms with Gasteiger partial charge in [0, 0.05) is 17.7 Å². The van der Waals surface area contributed by atoms with Crippen molar-refractivity contribution in [1.82, 2.24) is 5.32 Å². The Labute approximate surface area is 176 Å². The second-order valence-corrected chi connectivity index (χ2v) is 7.08. The van der Waals surface area contributed by atoms with Crippen molar-refractivity contribution in [2.24, 2.45) is 0 Å². The van der Waals surface area contributed by atoms with Gasteiger partial charge in [0.05, 0.1) is 6.61 Å². The van der Waals surface area contributed by atoms with Crippen molar-refractivity contribution in [1.29, 1.82) is 0 Å². The smallest absolute Gasteiger partial charge is 0.243 e. The summed E-state index contributed by atoms with van der Waals surface area (Å²) >= 11 is 0. The quantitative estimate of drug-likeness (QED) is 0.477. The molecule has 3 aromatic carbocycles. The second-order valence-electron chi connectivity index (χ2n) is 7.08. The number of hydrogen-bond acceptors (Lipinski definition) is 4. The molecule has 0 saturated carbocycles. The van der Waals surface area contributed by atoms with Crippen LogP contribution in [0.25, 0.3) is 11.1 Å². The summed E-state index contributed by atoms with van der Waals surface area (Å²) < 4.78 is 0. The predicted octanol–water partition coefficient (Wildman–Crippen LogP) is 3.69. The number of anilines is 1. The van der Waals surface area contributed by atoms with Gasteiger partial charge in [-0.25, -0.2) is 0 Å². The van der Waals surface area contributed by atoms with Gasteiger partial charge in [-0.15, -0.1) is 0 Å². The minimum Gasteiger partial charge on any atom is -0.394 e. The van der Waals surface area contributed by atoms with E-state index in [0.29, 0.717) is 24.1 Å². The normalized spacial score (nSPS) is 11.7. The number of aliphatic hydroxyl groups is 1. The molecule has 154 valence electrons. The summed E-state index contributed by atoms with van der Waals surface area (Å²) in [6.45, 7) is -0.286. The molecule has 0 saturated heterocycles. The Balaban J connectivity index is 1.54. The average molecular weight is 402 g/mol. The highest BCUT2D eigenvalue weighted by Gasteiger charge is 2.15. The molecule has 0 aliphatic rings. The minimum absolute atomic E-state index is 0.0588. The molecule has 3 aromatic rings. The summed E-state index contributed by atoms with van der Waals surface area (Å²) in [5, 5.41) is 14.6. The third-order valence-corrected chi connectivity index (χ3v) is 5.02. The molecule has 0 aliphatic heterocycles. The average Bonchev–Trinajstić information content (AvgIpc) is 2.80. The Morgan fingerprint density at radius 1 is 0.867 bits per heavy atom. The highest BCUT2D eigenvalue weighted by atomic mass is 16.3. The van der Waals surface area contributed by atoms with E-state index in [1.807, 2.05) is 18.2 Å². The highest BCUT2D eigenvalue weighted by Crippen LogP contribution is 2.20. The number of amides is 1. The van der Waals surface area contributed by atoms with Crippen LogP contribution in [-0.2, 0) is 11.2 Å². The van der Waals surface area contributed by atoms with Gasteiger partial charge < -0.3 is 15.7 Å². The van der Waals surface area contributed by atoms with E-state index in [9.17, 15) is 9.59 Å². The van der Waals surface area contributed by atoms with E-state index in [0.717, 1.165) is 11.1 Å². The maximum absolute atomic E-state index is 12.5. The largest absolute Gasteiger partial charge is 0.394 e. The van der Waals surface area contributed by atoms with Crippen molar-refractivity contribution in [3.05, 3.63) is 90.0 Å². The summed E-state index contributed by atoms with van der Waals surface area (Å²) in [5.41, 5.74) is 4.65. The molecule has 0 radical (unpaired) electrons. The SMILES string of the molecule is CN[C@@H](CO)C(=O)Nc1ccc(C(=O)CCc2ccc(-c3ccccc3)cc2)cc1. The maximum Gasteiger partial charge on any atom is 0.243 e. The number of carbonyl (C=O) groups is 2. The van der Waals surface area contributed by atoms with Crippen LogP contribution in [0.1, 0.15) is 22.3 Å². The van der Waals surface area contributed by atoms with Gasteiger partial charge >= 0.3 is 0 Å². The summed E-state index contributed by atoms with van der Waals surface area (Å²) in [6.07, 6.45) is 1.09. The molecule has 0 spiro atoms. The van der Waals surface area contributed by atoms with Crippen molar-refractivity contribution in [2.45, 2.75) is 18.9 Å². The van der Waals surface area contributed by atoms with Gasteiger partial charge in [0.1, 0.15) is 6.04 Å². The molecule has 0 bridgehead atoms. The summed E-state index contributed by atoms with van der Waals surface area (Å²) in [5.74, 6) is -0.263. The molecule has 30 heavy (non-hydrogen) atoms. The van der Waals surface area contributed by atoms with Crippen LogP contribution in [-0.4, -0.2) is 36.5 Å². The summed E-state index contributed by atoms with van der Waals surface area (Å²) in [4.78, 5) is 24.5. The Morgan fingerprint density at radius 3 is 2.10 bits per heavy atom. The fourth-order valence-corrected chi connectivity index (χ4v) is 3.17. The fourth-order valence-electron chi connectivity index (χ4n) is 3.17. The van der Waals surface area contributed by atoms with Crippen molar-refractivity contribution in [3.8, 4) is 11.1 Å². The summed E-state index contributed by atoms with van der Waals surface area (Å²) in [7, 11) is 1.61. The van der Waals surface area contributed by atoms with E-state index in [2.05, 4.69) is 47.0 Å². The Kier molecular flexibility index (Phi) is 7.49. The van der Waals surface area contributed by atoms with Gasteiger partial charge in [0.15, 0.2) is 5.78 Å². The van der Waals surface area contributed by atoms with Gasteiger partial charge in [-0.05, 0) is 54.4 Å². The lowest BCUT2D eigenvalue weighted by atomic mass is 9.99. The molecule has 3 N–H and O–H groups in total. The number of rotatable bonds is 9. The Hall–Kier alpha value is -3.28. The first-order chi connectivity index (χ1) is 14.6. The topological polar surface area (TPSA) is 78.4 Å². The zero-order chi connectivity index (χ0) is 21.3. The fraction of sp³-hybridized carbons (Fsp3) is 0.200. The second kappa shape index (κ2) is 10.5. The number of aliphatic hydroxyl groups excluding tert-OH is 1. The van der Waals surface area contributed by atoms with Gasteiger partial charge in [-0.3, -0.25) is 9.59 Å². The van der Waals surface area contributed by atoms with Crippen LogP contribution in [0, 0.1) is 0 Å². The number of ketones is 1. The minimum atomic E-state index is -0.667. The van der Waals surface area contributed by atoms with Crippen LogP contribution in [0.4, 0.5) is 5.69 Å². The van der Waals surface area contributed by atoms with E-state index in [1.54, 1.807) is 31.3 Å². The van der Waals surface area contributed by atoms with Crippen LogP contribution in [0.2, 0.25) is 0 Å². The number of benzene rings is 3. The third kappa shape index (κ3) is 5.63. The van der Waals surface area contributed by atoms with E-state index in [4.69, 9.17) is 5.11 Å². The molecule has 5 nitrogen and oxygen atoms in total. The first kappa shape index (κ1) is 21.4. The predicted molar refractivity (Wildman–Crippen MR) is 120 cm³/mol. The molecule has 3 rings (SSSR count). The molecule has 0 heterocycles. The molecule has 0 unspecified atom stereocenters. The number of hydrogen-bond donors (Lipinski definition) is 3. The van der Waals surface area contributed by atoms with Crippen LogP contribution in [0.15, 0.2) is 78.9 Å². The maximum atomic E-state index is 12.5. The molecule has 1 amide bonds. The Bertz CT molecular complexity index is 964. The number of nitrogens with one attached hydrogen (secondary N) is 2. The molecular weight excluding hydrogens is 376 g/mol. The van der Waals surface area contributed by atoms with Gasteiger partial charge in [0.2, 0.25) is 5.91 Å². The molecule has 0 aromatic heterocycles. The van der Waals surface area contributed by atoms with Gasteiger partial charge in [-0.2, -0.15) is 0 Å². The highest BCUT2D eigenvalue weighted by molar-refractivity contribution is 5.98. The number of likely N-dealkylation sites (N-methyl/N-ethyl adjacent to an activating group) is 1.